The van der Waals surface area contributed by atoms with Gasteiger partial charge in [0, 0.05) is 19.6 Å². The average molecular weight is 285 g/mol. The van der Waals surface area contributed by atoms with Crippen LogP contribution in [-0.2, 0) is 14.3 Å². The van der Waals surface area contributed by atoms with E-state index < -0.39 is 0 Å². The number of aliphatic hydroxyl groups is 1. The summed E-state index contributed by atoms with van der Waals surface area (Å²) in [5, 5.41) is 12.1. The first kappa shape index (κ1) is 15.2. The number of morpholine rings is 1. The second kappa shape index (κ2) is 7.01. The Morgan fingerprint density at radius 2 is 2.20 bits per heavy atom. The minimum atomic E-state index is -0.138. The Balaban J connectivity index is 1.75. The molecule has 1 saturated heterocycles. The Hall–Kier alpha value is -1.18. The van der Waals surface area contributed by atoms with Crippen LogP contribution in [0.5, 0.6) is 0 Å². The first-order valence-electron chi connectivity index (χ1n) is 7.06. The Labute approximate surface area is 118 Å². The molecule has 1 unspecified atom stereocenters. The Bertz CT molecular complexity index is 360. The van der Waals surface area contributed by atoms with Crippen LogP contribution in [0.2, 0.25) is 0 Å². The molecule has 20 heavy (non-hydrogen) atoms. The van der Waals surface area contributed by atoms with Gasteiger partial charge >= 0.3 is 0 Å². The highest BCUT2D eigenvalue weighted by Gasteiger charge is 2.27. The van der Waals surface area contributed by atoms with Gasteiger partial charge in [-0.2, -0.15) is 0 Å². The summed E-state index contributed by atoms with van der Waals surface area (Å²) in [7, 11) is 1.63. The molecule has 1 aliphatic heterocycles. The van der Waals surface area contributed by atoms with E-state index in [4.69, 9.17) is 4.74 Å². The maximum Gasteiger partial charge on any atom is 0.239 e. The maximum absolute atomic E-state index is 12.1. The van der Waals surface area contributed by atoms with Crippen molar-refractivity contribution < 1.29 is 19.4 Å². The molecule has 1 saturated carbocycles. The summed E-state index contributed by atoms with van der Waals surface area (Å²) in [5.41, 5.74) is 0. The molecular formula is C13H23N3O4. The molecule has 1 atom stereocenters. The molecule has 7 heteroatoms. The fourth-order valence-corrected chi connectivity index (χ4v) is 2.16. The predicted octanol–water partition coefficient (Wildman–Crippen LogP) is -1.58. The number of hydrogen-bond acceptors (Lipinski definition) is 5. The Morgan fingerprint density at radius 1 is 1.45 bits per heavy atom. The maximum atomic E-state index is 12.1. The Kier molecular flexibility index (Phi) is 5.33. The van der Waals surface area contributed by atoms with Gasteiger partial charge in [-0.05, 0) is 12.8 Å². The molecule has 2 rings (SSSR count). The predicted molar refractivity (Wildman–Crippen MR) is 72.1 cm³/mol. The van der Waals surface area contributed by atoms with Crippen LogP contribution in [0.3, 0.4) is 0 Å². The van der Waals surface area contributed by atoms with Gasteiger partial charge in [0.05, 0.1) is 39.0 Å². The van der Waals surface area contributed by atoms with E-state index in [1.54, 1.807) is 7.05 Å². The van der Waals surface area contributed by atoms with E-state index in [2.05, 4.69) is 5.32 Å². The second-order valence-electron chi connectivity index (χ2n) is 5.47. The van der Waals surface area contributed by atoms with Crippen LogP contribution >= 0.6 is 0 Å². The molecule has 1 heterocycles. The zero-order chi connectivity index (χ0) is 14.5. The van der Waals surface area contributed by atoms with E-state index in [1.807, 2.05) is 4.90 Å². The third-order valence-corrected chi connectivity index (χ3v) is 3.65. The standard InChI is InChI=1S/C13H23N3O4/c1-15(6-12(18)14-10-2-3-10)13(19)7-16-4-5-20-9-11(16)8-17/h10-11,17H,2-9H2,1H3,(H,14,18). The molecule has 0 aromatic heterocycles. The first-order valence-corrected chi connectivity index (χ1v) is 7.06. The summed E-state index contributed by atoms with van der Waals surface area (Å²) in [6.07, 6.45) is 2.07. The summed E-state index contributed by atoms with van der Waals surface area (Å²) in [6, 6.07) is 0.172. The van der Waals surface area contributed by atoms with E-state index in [0.717, 1.165) is 12.8 Å². The van der Waals surface area contributed by atoms with E-state index in [0.29, 0.717) is 25.8 Å². The van der Waals surface area contributed by atoms with E-state index in [-0.39, 0.29) is 37.6 Å². The van der Waals surface area contributed by atoms with Gasteiger partial charge in [-0.3, -0.25) is 14.5 Å². The van der Waals surface area contributed by atoms with Crippen LogP contribution in [0, 0.1) is 0 Å². The lowest BCUT2D eigenvalue weighted by atomic mass is 10.2. The van der Waals surface area contributed by atoms with Crippen molar-refractivity contribution in [2.45, 2.75) is 24.9 Å². The van der Waals surface area contributed by atoms with Gasteiger partial charge in [0.25, 0.3) is 0 Å². The van der Waals surface area contributed by atoms with Crippen molar-refractivity contribution in [1.29, 1.82) is 0 Å². The molecule has 0 spiro atoms. The van der Waals surface area contributed by atoms with Crippen molar-refractivity contribution in [3.63, 3.8) is 0 Å². The highest BCUT2D eigenvalue weighted by atomic mass is 16.5. The van der Waals surface area contributed by atoms with Gasteiger partial charge in [0.15, 0.2) is 0 Å². The van der Waals surface area contributed by atoms with Crippen LogP contribution in [0.25, 0.3) is 0 Å². The monoisotopic (exact) mass is 285 g/mol. The van der Waals surface area contributed by atoms with Crippen LogP contribution in [-0.4, -0.2) is 85.3 Å². The van der Waals surface area contributed by atoms with Gasteiger partial charge < -0.3 is 20.1 Å². The van der Waals surface area contributed by atoms with Crippen molar-refractivity contribution in [2.24, 2.45) is 0 Å². The number of nitrogens with one attached hydrogen (secondary N) is 1. The number of hydrogen-bond donors (Lipinski definition) is 2. The lowest BCUT2D eigenvalue weighted by Crippen LogP contribution is -2.52. The number of nitrogens with zero attached hydrogens (tertiary/aromatic N) is 2. The van der Waals surface area contributed by atoms with Crippen LogP contribution < -0.4 is 5.32 Å². The minimum Gasteiger partial charge on any atom is -0.395 e. The molecule has 2 fully saturated rings. The molecule has 7 nitrogen and oxygen atoms in total. The number of rotatable bonds is 6. The van der Waals surface area contributed by atoms with Gasteiger partial charge in [-0.1, -0.05) is 0 Å². The number of aliphatic hydroxyl groups excluding tert-OH is 1. The number of likely N-dealkylation sites (N-methyl/N-ethyl adjacent to an activating group) is 1. The van der Waals surface area contributed by atoms with E-state index in [1.165, 1.54) is 4.90 Å². The van der Waals surface area contributed by atoms with Crippen molar-refractivity contribution in [3.8, 4) is 0 Å². The fraction of sp³-hybridized carbons (Fsp3) is 0.846. The fourth-order valence-electron chi connectivity index (χ4n) is 2.16. The molecule has 114 valence electrons. The lowest BCUT2D eigenvalue weighted by Gasteiger charge is -2.34. The smallest absolute Gasteiger partial charge is 0.239 e. The van der Waals surface area contributed by atoms with Crippen LogP contribution in [0.1, 0.15) is 12.8 Å². The second-order valence-corrected chi connectivity index (χ2v) is 5.47. The third-order valence-electron chi connectivity index (χ3n) is 3.65. The molecule has 0 aromatic rings. The largest absolute Gasteiger partial charge is 0.395 e. The Morgan fingerprint density at radius 3 is 2.85 bits per heavy atom. The minimum absolute atomic E-state index is 0.0286. The summed E-state index contributed by atoms with van der Waals surface area (Å²) >= 11 is 0. The summed E-state index contributed by atoms with van der Waals surface area (Å²) in [6.45, 7) is 1.90. The number of ether oxygens (including phenoxy) is 1. The molecule has 0 radical (unpaired) electrons. The van der Waals surface area contributed by atoms with E-state index in [9.17, 15) is 14.7 Å². The molecular weight excluding hydrogens is 262 g/mol. The molecule has 0 bridgehead atoms. The van der Waals surface area contributed by atoms with Crippen molar-refractivity contribution in [1.82, 2.24) is 15.1 Å². The summed E-state index contributed by atoms with van der Waals surface area (Å²) in [4.78, 5) is 27.1. The van der Waals surface area contributed by atoms with Gasteiger partial charge in [-0.25, -0.2) is 0 Å². The highest BCUT2D eigenvalue weighted by molar-refractivity contribution is 5.85. The average Bonchev–Trinajstić information content (AvgIpc) is 3.22. The first-order chi connectivity index (χ1) is 9.60. The highest BCUT2D eigenvalue weighted by Crippen LogP contribution is 2.18. The zero-order valence-electron chi connectivity index (χ0n) is 11.9. The van der Waals surface area contributed by atoms with Crippen molar-refractivity contribution in [3.05, 3.63) is 0 Å². The van der Waals surface area contributed by atoms with Crippen LogP contribution in [0.15, 0.2) is 0 Å². The quantitative estimate of drug-likeness (QED) is 0.615. The SMILES string of the molecule is CN(CC(=O)NC1CC1)C(=O)CN1CCOCC1CO. The summed E-state index contributed by atoms with van der Waals surface area (Å²) < 4.78 is 5.27. The normalized spacial score (nSPS) is 23.4. The molecule has 0 aromatic carbocycles. The number of carbonyl (C=O) groups excluding carboxylic acids is 2. The number of carbonyl (C=O) groups is 2. The molecule has 1 aliphatic carbocycles. The molecule has 2 aliphatic rings. The van der Waals surface area contributed by atoms with E-state index >= 15 is 0 Å². The third kappa shape index (κ3) is 4.43. The zero-order valence-corrected chi connectivity index (χ0v) is 11.9. The van der Waals surface area contributed by atoms with Crippen LogP contribution in [0.4, 0.5) is 0 Å². The lowest BCUT2D eigenvalue weighted by molar-refractivity contribution is -0.137. The molecule has 2 N–H and O–H groups in total. The van der Waals surface area contributed by atoms with Crippen molar-refractivity contribution in [2.75, 3.05) is 46.5 Å². The summed E-state index contributed by atoms with van der Waals surface area (Å²) in [5.74, 6) is -0.222. The van der Waals surface area contributed by atoms with Gasteiger partial charge in [0.1, 0.15) is 0 Å². The van der Waals surface area contributed by atoms with Crippen molar-refractivity contribution >= 4 is 11.8 Å². The van der Waals surface area contributed by atoms with Gasteiger partial charge in [-0.15, -0.1) is 0 Å². The molecule has 2 amide bonds. The topological polar surface area (TPSA) is 82.1 Å². The van der Waals surface area contributed by atoms with Gasteiger partial charge in [0.2, 0.25) is 11.8 Å². The number of amides is 2.